The van der Waals surface area contributed by atoms with Crippen molar-refractivity contribution in [2.75, 3.05) is 0 Å². The van der Waals surface area contributed by atoms with Crippen molar-refractivity contribution in [2.24, 2.45) is 7.05 Å². The zero-order valence-corrected chi connectivity index (χ0v) is 14.7. The average molecular weight is 381 g/mol. The normalized spacial score (nSPS) is 12.9. The molecule has 0 aliphatic rings. The lowest BCUT2D eigenvalue weighted by molar-refractivity contribution is 0.560. The van der Waals surface area contributed by atoms with Crippen molar-refractivity contribution in [1.29, 1.82) is 0 Å². The molecule has 2 heterocycles. The van der Waals surface area contributed by atoms with Crippen LogP contribution in [0.5, 0.6) is 0 Å². The zero-order valence-electron chi connectivity index (χ0n) is 13.1. The number of sulfonamides is 1. The molecule has 1 aromatic carbocycles. The van der Waals surface area contributed by atoms with Gasteiger partial charge in [-0.3, -0.25) is 0 Å². The van der Waals surface area contributed by atoms with Gasteiger partial charge in [-0.15, -0.1) is 0 Å². The standard InChI is InChI=1S/C16H14ClFN4O2S/c1-22-8-7-19-16(22)15(11-3-2-4-12(18)9-11)21-25(23,24)13-5-6-14(17)20-10-13/h2-10,15,21H,1H3/t15-/m0/s1. The van der Waals surface area contributed by atoms with Crippen LogP contribution in [0, 0.1) is 5.82 Å². The Bertz CT molecular complexity index is 989. The van der Waals surface area contributed by atoms with Crippen molar-refractivity contribution in [3.05, 3.63) is 77.3 Å². The van der Waals surface area contributed by atoms with E-state index in [1.807, 2.05) is 0 Å². The van der Waals surface area contributed by atoms with E-state index in [1.54, 1.807) is 30.1 Å². The lowest BCUT2D eigenvalue weighted by Gasteiger charge is -2.19. The minimum atomic E-state index is -3.93. The van der Waals surface area contributed by atoms with E-state index in [0.717, 1.165) is 6.20 Å². The Balaban J connectivity index is 2.03. The summed E-state index contributed by atoms with van der Waals surface area (Å²) in [6.07, 6.45) is 4.38. The average Bonchev–Trinajstić information content (AvgIpc) is 2.99. The molecule has 2 aromatic heterocycles. The number of nitrogens with zero attached hydrogens (tertiary/aromatic N) is 3. The first-order valence-electron chi connectivity index (χ1n) is 7.23. The van der Waals surface area contributed by atoms with Crippen molar-refractivity contribution in [1.82, 2.24) is 19.3 Å². The van der Waals surface area contributed by atoms with Gasteiger partial charge in [0.2, 0.25) is 10.0 Å². The van der Waals surface area contributed by atoms with Crippen LogP contribution < -0.4 is 4.72 Å². The molecule has 0 saturated carbocycles. The monoisotopic (exact) mass is 380 g/mol. The lowest BCUT2D eigenvalue weighted by atomic mass is 10.1. The first kappa shape index (κ1) is 17.5. The molecule has 1 atom stereocenters. The van der Waals surface area contributed by atoms with E-state index in [0.29, 0.717) is 11.4 Å². The summed E-state index contributed by atoms with van der Waals surface area (Å²) >= 11 is 5.70. The van der Waals surface area contributed by atoms with Gasteiger partial charge < -0.3 is 4.57 Å². The van der Waals surface area contributed by atoms with Gasteiger partial charge in [0.1, 0.15) is 27.7 Å². The highest BCUT2D eigenvalue weighted by Crippen LogP contribution is 2.24. The van der Waals surface area contributed by atoms with E-state index in [-0.39, 0.29) is 10.0 Å². The zero-order chi connectivity index (χ0) is 18.0. The molecule has 0 amide bonds. The number of nitrogens with one attached hydrogen (secondary N) is 1. The van der Waals surface area contributed by atoms with Crippen molar-refractivity contribution >= 4 is 21.6 Å². The summed E-state index contributed by atoms with van der Waals surface area (Å²) in [6, 6.07) is 7.56. The Labute approximate surface area is 149 Å². The molecule has 0 saturated heterocycles. The first-order valence-corrected chi connectivity index (χ1v) is 9.09. The van der Waals surface area contributed by atoms with Crippen LogP contribution in [0.15, 0.2) is 59.9 Å². The molecular weight excluding hydrogens is 367 g/mol. The van der Waals surface area contributed by atoms with Crippen LogP contribution in [0.4, 0.5) is 4.39 Å². The number of aromatic nitrogens is 3. The second kappa shape index (κ2) is 6.91. The van der Waals surface area contributed by atoms with Crippen molar-refractivity contribution < 1.29 is 12.8 Å². The summed E-state index contributed by atoms with van der Waals surface area (Å²) < 4.78 is 43.2. The maximum Gasteiger partial charge on any atom is 0.243 e. The van der Waals surface area contributed by atoms with Crippen molar-refractivity contribution in [3.63, 3.8) is 0 Å². The number of benzene rings is 1. The molecule has 25 heavy (non-hydrogen) atoms. The molecule has 0 aliphatic carbocycles. The Morgan fingerprint density at radius 3 is 2.64 bits per heavy atom. The predicted molar refractivity (Wildman–Crippen MR) is 91.0 cm³/mol. The van der Waals surface area contributed by atoms with E-state index in [4.69, 9.17) is 11.6 Å². The highest BCUT2D eigenvalue weighted by atomic mass is 35.5. The van der Waals surface area contributed by atoms with E-state index >= 15 is 0 Å². The second-order valence-electron chi connectivity index (χ2n) is 5.32. The number of rotatable bonds is 5. The van der Waals surface area contributed by atoms with Crippen LogP contribution in [0.1, 0.15) is 17.4 Å². The summed E-state index contributed by atoms with van der Waals surface area (Å²) in [5, 5.41) is 0.185. The molecule has 0 unspecified atom stereocenters. The molecule has 0 spiro atoms. The van der Waals surface area contributed by atoms with Crippen molar-refractivity contribution in [2.45, 2.75) is 10.9 Å². The minimum Gasteiger partial charge on any atom is -0.336 e. The SMILES string of the molecule is Cn1ccnc1[C@@H](NS(=O)(=O)c1ccc(Cl)nc1)c1cccc(F)c1. The van der Waals surface area contributed by atoms with E-state index < -0.39 is 21.9 Å². The Morgan fingerprint density at radius 2 is 2.04 bits per heavy atom. The third kappa shape index (κ3) is 3.87. The molecule has 0 fully saturated rings. The molecule has 6 nitrogen and oxygen atoms in total. The number of aryl methyl sites for hydroxylation is 1. The van der Waals surface area contributed by atoms with E-state index in [9.17, 15) is 12.8 Å². The topological polar surface area (TPSA) is 76.9 Å². The summed E-state index contributed by atoms with van der Waals surface area (Å²) in [6.45, 7) is 0. The molecule has 0 aliphatic heterocycles. The fourth-order valence-electron chi connectivity index (χ4n) is 2.36. The summed E-state index contributed by atoms with van der Waals surface area (Å²) in [4.78, 5) is 7.93. The van der Waals surface area contributed by atoms with Gasteiger partial charge in [-0.2, -0.15) is 4.72 Å². The largest absolute Gasteiger partial charge is 0.336 e. The van der Waals surface area contributed by atoms with Gasteiger partial charge in [-0.25, -0.2) is 22.8 Å². The van der Waals surface area contributed by atoms with Crippen LogP contribution in [-0.4, -0.2) is 23.0 Å². The molecule has 130 valence electrons. The van der Waals surface area contributed by atoms with Gasteiger partial charge in [-0.1, -0.05) is 23.7 Å². The summed E-state index contributed by atoms with van der Waals surface area (Å²) in [5.74, 6) is -0.0415. The maximum absolute atomic E-state index is 13.6. The molecule has 1 N–H and O–H groups in total. The molecule has 0 radical (unpaired) electrons. The maximum atomic E-state index is 13.6. The number of halogens is 2. The van der Waals surface area contributed by atoms with Gasteiger partial charge in [0.25, 0.3) is 0 Å². The molecule has 9 heteroatoms. The van der Waals surface area contributed by atoms with Crippen LogP contribution in [0.3, 0.4) is 0 Å². The highest BCUT2D eigenvalue weighted by Gasteiger charge is 2.26. The van der Waals surface area contributed by atoms with Gasteiger partial charge in [0.15, 0.2) is 0 Å². The summed E-state index contributed by atoms with van der Waals surface area (Å²) in [5.41, 5.74) is 0.430. The smallest absolute Gasteiger partial charge is 0.243 e. The Kier molecular flexibility index (Phi) is 4.85. The van der Waals surface area contributed by atoms with Gasteiger partial charge in [-0.05, 0) is 29.8 Å². The number of hydrogen-bond acceptors (Lipinski definition) is 4. The lowest BCUT2D eigenvalue weighted by Crippen LogP contribution is -2.31. The van der Waals surface area contributed by atoms with E-state index in [2.05, 4.69) is 14.7 Å². The quantitative estimate of drug-likeness (QED) is 0.690. The minimum absolute atomic E-state index is 0.0486. The fourth-order valence-corrected chi connectivity index (χ4v) is 3.59. The number of hydrogen-bond donors (Lipinski definition) is 1. The van der Waals surface area contributed by atoms with Gasteiger partial charge in [0, 0.05) is 25.6 Å². The predicted octanol–water partition coefficient (Wildman–Crippen LogP) is 2.68. The molecular formula is C16H14ClFN4O2S. The van der Waals surface area contributed by atoms with Gasteiger partial charge >= 0.3 is 0 Å². The fraction of sp³-hybridized carbons (Fsp3) is 0.125. The number of imidazole rings is 1. The second-order valence-corrected chi connectivity index (χ2v) is 7.42. The van der Waals surface area contributed by atoms with E-state index in [1.165, 1.54) is 30.3 Å². The Hall–Kier alpha value is -2.29. The van der Waals surface area contributed by atoms with Crippen LogP contribution in [0.2, 0.25) is 5.15 Å². The number of pyridine rings is 1. The highest BCUT2D eigenvalue weighted by molar-refractivity contribution is 7.89. The Morgan fingerprint density at radius 1 is 1.24 bits per heavy atom. The van der Waals surface area contributed by atoms with Crippen LogP contribution >= 0.6 is 11.6 Å². The molecule has 3 aromatic rings. The van der Waals surface area contributed by atoms with Gasteiger partial charge in [0.05, 0.1) is 0 Å². The first-order chi connectivity index (χ1) is 11.9. The third-order valence-corrected chi connectivity index (χ3v) is 5.21. The van der Waals surface area contributed by atoms with Crippen LogP contribution in [-0.2, 0) is 17.1 Å². The molecule has 3 rings (SSSR count). The third-order valence-electron chi connectivity index (χ3n) is 3.58. The van der Waals surface area contributed by atoms with Crippen molar-refractivity contribution in [3.8, 4) is 0 Å². The molecule has 0 bridgehead atoms. The summed E-state index contributed by atoms with van der Waals surface area (Å²) in [7, 11) is -2.20. The van der Waals surface area contributed by atoms with Crippen LogP contribution in [0.25, 0.3) is 0 Å².